The maximum Gasteiger partial charge on any atom is 0.416 e. The summed E-state index contributed by atoms with van der Waals surface area (Å²) >= 11 is 0. The van der Waals surface area contributed by atoms with Crippen LogP contribution in [-0.4, -0.2) is 30.1 Å². The number of pyridine rings is 1. The minimum atomic E-state index is -4.28. The summed E-state index contributed by atoms with van der Waals surface area (Å²) < 4.78 is 44.6. The molecule has 0 bridgehead atoms. The lowest BCUT2D eigenvalue weighted by Gasteiger charge is -2.32. The number of hydrogen-bond donors (Lipinski definition) is 0. The van der Waals surface area contributed by atoms with Gasteiger partial charge in [0.05, 0.1) is 12.7 Å². The van der Waals surface area contributed by atoms with Crippen LogP contribution < -0.4 is 4.74 Å². The molecule has 6 heteroatoms. The van der Waals surface area contributed by atoms with Gasteiger partial charge in [-0.25, -0.2) is 4.98 Å². The quantitative estimate of drug-likeness (QED) is 0.711. The van der Waals surface area contributed by atoms with E-state index in [2.05, 4.69) is 9.88 Å². The van der Waals surface area contributed by atoms with Crippen molar-refractivity contribution in [2.45, 2.75) is 38.4 Å². The van der Waals surface area contributed by atoms with Crippen molar-refractivity contribution in [2.24, 2.45) is 5.92 Å². The van der Waals surface area contributed by atoms with Crippen molar-refractivity contribution in [1.82, 2.24) is 9.88 Å². The number of rotatable bonds is 6. The second-order valence-corrected chi connectivity index (χ2v) is 7.08. The molecule has 1 saturated heterocycles. The largest absolute Gasteiger partial charge is 0.481 e. The second kappa shape index (κ2) is 8.74. The Labute approximate surface area is 158 Å². The van der Waals surface area contributed by atoms with Crippen LogP contribution in [0.5, 0.6) is 5.88 Å². The fraction of sp³-hybridized carbons (Fsp3) is 0.476. The lowest BCUT2D eigenvalue weighted by molar-refractivity contribution is -0.138. The fourth-order valence-corrected chi connectivity index (χ4v) is 3.78. The standard InChI is InChI=1S/C21H25F3N2O/c1-27-20-18(6-4-12-25-20)15-26-13-10-16(11-14-26)8-9-17-5-2-3-7-19(17)21(22,23)24/h2-7,12,16H,8-11,13-15H2,1H3. The van der Waals surface area contributed by atoms with E-state index in [1.54, 1.807) is 25.4 Å². The molecule has 0 radical (unpaired) electrons. The van der Waals surface area contributed by atoms with E-state index in [9.17, 15) is 13.2 Å². The van der Waals surface area contributed by atoms with Crippen LogP contribution in [0.15, 0.2) is 42.6 Å². The highest BCUT2D eigenvalue weighted by Gasteiger charge is 2.33. The average molecular weight is 378 g/mol. The maximum atomic E-state index is 13.1. The van der Waals surface area contributed by atoms with Crippen LogP contribution in [0.3, 0.4) is 0 Å². The van der Waals surface area contributed by atoms with Gasteiger partial charge >= 0.3 is 6.18 Å². The molecule has 2 heterocycles. The Hall–Kier alpha value is -2.08. The molecule has 1 aromatic heterocycles. The van der Waals surface area contributed by atoms with E-state index in [-0.39, 0.29) is 0 Å². The lowest BCUT2D eigenvalue weighted by Crippen LogP contribution is -2.33. The Morgan fingerprint density at radius 2 is 1.78 bits per heavy atom. The smallest absolute Gasteiger partial charge is 0.416 e. The molecule has 0 amide bonds. The molecule has 1 fully saturated rings. The first-order chi connectivity index (χ1) is 13.0. The van der Waals surface area contributed by atoms with Crippen molar-refractivity contribution < 1.29 is 17.9 Å². The van der Waals surface area contributed by atoms with E-state index in [4.69, 9.17) is 4.74 Å². The molecule has 146 valence electrons. The number of aryl methyl sites for hydroxylation is 1. The highest BCUT2D eigenvalue weighted by atomic mass is 19.4. The first-order valence-electron chi connectivity index (χ1n) is 9.32. The van der Waals surface area contributed by atoms with Gasteiger partial charge in [-0.3, -0.25) is 4.90 Å². The Morgan fingerprint density at radius 3 is 2.48 bits per heavy atom. The second-order valence-electron chi connectivity index (χ2n) is 7.08. The molecule has 1 aromatic carbocycles. The maximum absolute atomic E-state index is 13.1. The highest BCUT2D eigenvalue weighted by Crippen LogP contribution is 2.33. The molecule has 0 atom stereocenters. The van der Waals surface area contributed by atoms with Gasteiger partial charge in [0, 0.05) is 18.3 Å². The van der Waals surface area contributed by atoms with E-state index in [1.165, 1.54) is 12.1 Å². The minimum absolute atomic E-state index is 0.410. The van der Waals surface area contributed by atoms with Gasteiger partial charge in [-0.05, 0) is 62.4 Å². The number of benzene rings is 1. The topological polar surface area (TPSA) is 25.4 Å². The normalized spacial score (nSPS) is 16.4. The summed E-state index contributed by atoms with van der Waals surface area (Å²) in [7, 11) is 1.62. The fourth-order valence-electron chi connectivity index (χ4n) is 3.78. The first kappa shape index (κ1) is 19.7. The number of nitrogens with zero attached hydrogens (tertiary/aromatic N) is 2. The summed E-state index contributed by atoms with van der Waals surface area (Å²) in [5, 5.41) is 0. The molecule has 27 heavy (non-hydrogen) atoms. The summed E-state index contributed by atoms with van der Waals surface area (Å²) in [6.07, 6.45) is 0.748. The number of hydrogen-bond acceptors (Lipinski definition) is 3. The predicted octanol–water partition coefficient (Wildman–Crippen LogP) is 4.95. The van der Waals surface area contributed by atoms with Crippen molar-refractivity contribution in [1.29, 1.82) is 0 Å². The molecule has 2 aromatic rings. The molecule has 1 aliphatic heterocycles. The van der Waals surface area contributed by atoms with Crippen molar-refractivity contribution in [2.75, 3.05) is 20.2 Å². The number of halogens is 3. The first-order valence-corrected chi connectivity index (χ1v) is 9.32. The number of ether oxygens (including phenoxy) is 1. The summed E-state index contributed by atoms with van der Waals surface area (Å²) in [4.78, 5) is 6.59. The third-order valence-corrected chi connectivity index (χ3v) is 5.29. The van der Waals surface area contributed by atoms with Gasteiger partial charge in [-0.2, -0.15) is 13.2 Å². The zero-order valence-electron chi connectivity index (χ0n) is 15.5. The molecular formula is C21H25F3N2O. The highest BCUT2D eigenvalue weighted by molar-refractivity contribution is 5.29. The van der Waals surface area contributed by atoms with Gasteiger partial charge in [0.1, 0.15) is 0 Å². The van der Waals surface area contributed by atoms with E-state index in [1.807, 2.05) is 12.1 Å². The van der Waals surface area contributed by atoms with E-state index < -0.39 is 11.7 Å². The molecule has 0 N–H and O–H groups in total. The zero-order valence-corrected chi connectivity index (χ0v) is 15.5. The van der Waals surface area contributed by atoms with Crippen molar-refractivity contribution >= 4 is 0 Å². The van der Waals surface area contributed by atoms with Crippen LogP contribution >= 0.6 is 0 Å². The summed E-state index contributed by atoms with van der Waals surface area (Å²) in [6.45, 7) is 2.69. The Kier molecular flexibility index (Phi) is 6.37. The van der Waals surface area contributed by atoms with Gasteiger partial charge in [-0.1, -0.05) is 24.3 Å². The molecule has 0 aliphatic carbocycles. The number of aromatic nitrogens is 1. The van der Waals surface area contributed by atoms with Crippen LogP contribution in [-0.2, 0) is 19.1 Å². The van der Waals surface area contributed by atoms with Gasteiger partial charge in [0.15, 0.2) is 0 Å². The molecule has 0 saturated carbocycles. The Morgan fingerprint density at radius 1 is 1.07 bits per heavy atom. The molecule has 3 rings (SSSR count). The van der Waals surface area contributed by atoms with Crippen molar-refractivity contribution in [3.8, 4) is 5.88 Å². The van der Waals surface area contributed by atoms with Gasteiger partial charge in [-0.15, -0.1) is 0 Å². The molecule has 1 aliphatic rings. The lowest BCUT2D eigenvalue weighted by atomic mass is 9.89. The molecule has 0 unspecified atom stereocenters. The SMILES string of the molecule is COc1ncccc1CN1CCC(CCc2ccccc2C(F)(F)F)CC1. The Bertz CT molecular complexity index is 740. The van der Waals surface area contributed by atoms with Gasteiger partial charge < -0.3 is 4.74 Å². The number of alkyl halides is 3. The number of likely N-dealkylation sites (tertiary alicyclic amines) is 1. The van der Waals surface area contributed by atoms with Crippen LogP contribution in [0.1, 0.15) is 36.0 Å². The average Bonchev–Trinajstić information content (AvgIpc) is 2.67. The van der Waals surface area contributed by atoms with E-state index >= 15 is 0 Å². The van der Waals surface area contributed by atoms with E-state index in [0.717, 1.165) is 44.5 Å². The molecular weight excluding hydrogens is 353 g/mol. The predicted molar refractivity (Wildman–Crippen MR) is 98.6 cm³/mol. The van der Waals surface area contributed by atoms with Crippen LogP contribution in [0.25, 0.3) is 0 Å². The van der Waals surface area contributed by atoms with Gasteiger partial charge in [0.2, 0.25) is 5.88 Å². The van der Waals surface area contributed by atoms with Crippen LogP contribution in [0, 0.1) is 5.92 Å². The molecule has 0 spiro atoms. The van der Waals surface area contributed by atoms with Crippen molar-refractivity contribution in [3.63, 3.8) is 0 Å². The van der Waals surface area contributed by atoms with Crippen LogP contribution in [0.4, 0.5) is 13.2 Å². The number of methoxy groups -OCH3 is 1. The number of piperidine rings is 1. The molecule has 3 nitrogen and oxygen atoms in total. The summed E-state index contributed by atoms with van der Waals surface area (Å²) in [5.41, 5.74) is 0.983. The van der Waals surface area contributed by atoms with E-state index in [0.29, 0.717) is 23.8 Å². The summed E-state index contributed by atoms with van der Waals surface area (Å²) in [5.74, 6) is 1.13. The third-order valence-electron chi connectivity index (χ3n) is 5.29. The zero-order chi connectivity index (χ0) is 19.3. The monoisotopic (exact) mass is 378 g/mol. The minimum Gasteiger partial charge on any atom is -0.481 e. The summed E-state index contributed by atoms with van der Waals surface area (Å²) in [6, 6.07) is 9.85. The third kappa shape index (κ3) is 5.22. The Balaban J connectivity index is 1.51. The van der Waals surface area contributed by atoms with Gasteiger partial charge in [0.25, 0.3) is 0 Å². The van der Waals surface area contributed by atoms with Crippen molar-refractivity contribution in [3.05, 3.63) is 59.3 Å². The van der Waals surface area contributed by atoms with Crippen LogP contribution in [0.2, 0.25) is 0 Å².